The van der Waals surface area contributed by atoms with Gasteiger partial charge >= 0.3 is 0 Å². The molecule has 0 saturated heterocycles. The van der Waals surface area contributed by atoms with E-state index in [1.54, 1.807) is 0 Å². The van der Waals surface area contributed by atoms with Crippen molar-refractivity contribution >= 4 is 32.7 Å². The predicted molar refractivity (Wildman–Crippen MR) is 271 cm³/mol. The largest absolute Gasteiger partial charge is 0.455 e. The van der Waals surface area contributed by atoms with E-state index in [0.717, 1.165) is 66.4 Å². The monoisotopic (exact) mass is 840 g/mol. The Bertz CT molecular complexity index is 3760. The molecule has 0 aliphatic heterocycles. The highest BCUT2D eigenvalue weighted by Gasteiger charge is 2.47. The van der Waals surface area contributed by atoms with Gasteiger partial charge in [-0.25, -0.2) is 9.97 Å². The lowest BCUT2D eigenvalue weighted by Gasteiger charge is -2.35. The Morgan fingerprint density at radius 1 is 0.318 bits per heavy atom. The molecule has 10 aromatic carbocycles. The average Bonchev–Trinajstić information content (AvgIpc) is 3.93. The molecule has 2 heterocycles. The summed E-state index contributed by atoms with van der Waals surface area (Å²) in [5.74, 6) is 0.666. The molecular weight excluding hydrogens is 801 g/mol. The summed E-state index contributed by atoms with van der Waals surface area (Å²) in [6, 6.07) is 87.1. The van der Waals surface area contributed by atoms with E-state index in [1.165, 1.54) is 50.1 Å². The van der Waals surface area contributed by atoms with Crippen molar-refractivity contribution in [2.24, 2.45) is 0 Å². The second kappa shape index (κ2) is 15.3. The fourth-order valence-corrected chi connectivity index (χ4v) is 10.7. The topological polar surface area (TPSA) is 38.9 Å². The highest BCUT2D eigenvalue weighted by Crippen LogP contribution is 2.58. The van der Waals surface area contributed by atoms with Crippen LogP contribution < -0.4 is 0 Å². The molecule has 66 heavy (non-hydrogen) atoms. The molecule has 0 radical (unpaired) electrons. The maximum Gasteiger partial charge on any atom is 0.160 e. The Hall–Kier alpha value is -8.66. The zero-order chi connectivity index (χ0) is 43.6. The molecule has 1 aliphatic carbocycles. The summed E-state index contributed by atoms with van der Waals surface area (Å²) in [5, 5.41) is 4.44. The summed E-state index contributed by atoms with van der Waals surface area (Å²) in [5.41, 5.74) is 18.2. The number of benzene rings is 10. The minimum atomic E-state index is -0.491. The maximum absolute atomic E-state index is 6.53. The molecule has 0 N–H and O–H groups in total. The standard InChI is InChI=1S/C63H40N2O/c1-4-18-43(19-5-1)62-64-57(40-58(65-62)55-31-17-30-54-52-27-13-15-33-59(52)66-61(54)55)51-39-38-46(48-24-10-11-25-49(48)51)41-34-36-42(37-35-41)47-28-16-29-53-50-26-12-14-32-56(50)63(60(47)53,44-20-6-2-7-21-44)45-22-8-3-9-23-45/h1-40H. The van der Waals surface area contributed by atoms with Gasteiger partial charge in [-0.1, -0.05) is 224 Å². The molecular formula is C63H40N2O. The molecule has 13 rings (SSSR count). The first kappa shape index (κ1) is 37.9. The van der Waals surface area contributed by atoms with Crippen LogP contribution in [-0.2, 0) is 5.41 Å². The van der Waals surface area contributed by atoms with Crippen LogP contribution in [0.25, 0.3) is 100.0 Å². The smallest absolute Gasteiger partial charge is 0.160 e. The van der Waals surface area contributed by atoms with E-state index in [4.69, 9.17) is 14.4 Å². The minimum absolute atomic E-state index is 0.491. The van der Waals surface area contributed by atoms with Crippen molar-refractivity contribution in [3.63, 3.8) is 0 Å². The van der Waals surface area contributed by atoms with Gasteiger partial charge in [-0.05, 0) is 84.6 Å². The van der Waals surface area contributed by atoms with E-state index in [0.29, 0.717) is 5.82 Å². The predicted octanol–water partition coefficient (Wildman–Crippen LogP) is 16.2. The molecule has 1 aliphatic rings. The number of hydrogen-bond donors (Lipinski definition) is 0. The van der Waals surface area contributed by atoms with Crippen LogP contribution in [0, 0.1) is 0 Å². The zero-order valence-electron chi connectivity index (χ0n) is 35.9. The van der Waals surface area contributed by atoms with Gasteiger partial charge in [-0.3, -0.25) is 0 Å². The number of hydrogen-bond acceptors (Lipinski definition) is 3. The third-order valence-electron chi connectivity index (χ3n) is 13.6. The van der Waals surface area contributed by atoms with Crippen LogP contribution in [0.1, 0.15) is 22.3 Å². The lowest BCUT2D eigenvalue weighted by atomic mass is 9.66. The van der Waals surface area contributed by atoms with Crippen molar-refractivity contribution in [2.45, 2.75) is 5.41 Å². The molecule has 3 nitrogen and oxygen atoms in total. The van der Waals surface area contributed by atoms with Crippen molar-refractivity contribution in [3.05, 3.63) is 265 Å². The Kier molecular flexibility index (Phi) is 8.75. The van der Waals surface area contributed by atoms with Crippen LogP contribution in [0.3, 0.4) is 0 Å². The SMILES string of the molecule is c1ccc(-c2nc(-c3ccc(-c4ccc(-c5cccc6c5C(c5ccccc5)(c5ccccc5)c5ccccc5-6)cc4)c4ccccc34)cc(-c3cccc4c3oc3ccccc34)n2)cc1. The van der Waals surface area contributed by atoms with Crippen molar-refractivity contribution in [1.82, 2.24) is 9.97 Å². The Morgan fingerprint density at radius 3 is 1.55 bits per heavy atom. The van der Waals surface area contributed by atoms with E-state index in [9.17, 15) is 0 Å². The molecule has 3 heteroatoms. The average molecular weight is 841 g/mol. The number of para-hydroxylation sites is 2. The normalized spacial score (nSPS) is 12.7. The van der Waals surface area contributed by atoms with E-state index < -0.39 is 5.41 Å². The van der Waals surface area contributed by atoms with Crippen LogP contribution in [0.15, 0.2) is 247 Å². The van der Waals surface area contributed by atoms with Crippen molar-refractivity contribution in [2.75, 3.05) is 0 Å². The van der Waals surface area contributed by atoms with Gasteiger partial charge in [0.25, 0.3) is 0 Å². The van der Waals surface area contributed by atoms with Crippen LogP contribution in [0.5, 0.6) is 0 Å². The fourth-order valence-electron chi connectivity index (χ4n) is 10.7. The van der Waals surface area contributed by atoms with E-state index in [2.05, 4.69) is 212 Å². The number of aromatic nitrogens is 2. The zero-order valence-corrected chi connectivity index (χ0v) is 35.9. The van der Waals surface area contributed by atoms with Gasteiger partial charge in [-0.2, -0.15) is 0 Å². The second-order valence-electron chi connectivity index (χ2n) is 17.1. The van der Waals surface area contributed by atoms with Gasteiger partial charge in [0.1, 0.15) is 11.2 Å². The molecule has 0 unspecified atom stereocenters. The third-order valence-corrected chi connectivity index (χ3v) is 13.6. The molecule has 0 saturated carbocycles. The molecule has 0 amide bonds. The number of furan rings is 1. The van der Waals surface area contributed by atoms with E-state index in [1.807, 2.05) is 30.3 Å². The van der Waals surface area contributed by atoms with Gasteiger partial charge in [0.05, 0.1) is 16.8 Å². The summed E-state index contributed by atoms with van der Waals surface area (Å²) >= 11 is 0. The molecule has 0 spiro atoms. The summed E-state index contributed by atoms with van der Waals surface area (Å²) < 4.78 is 6.53. The number of fused-ring (bicyclic) bond motifs is 7. The van der Waals surface area contributed by atoms with Gasteiger partial charge < -0.3 is 4.42 Å². The summed E-state index contributed by atoms with van der Waals surface area (Å²) in [7, 11) is 0. The van der Waals surface area contributed by atoms with Crippen molar-refractivity contribution < 1.29 is 4.42 Å². The van der Waals surface area contributed by atoms with Crippen LogP contribution in [0.2, 0.25) is 0 Å². The van der Waals surface area contributed by atoms with Gasteiger partial charge in [0.2, 0.25) is 0 Å². The molecule has 0 bridgehead atoms. The van der Waals surface area contributed by atoms with Gasteiger partial charge in [0, 0.05) is 27.5 Å². The molecule has 0 fully saturated rings. The lowest BCUT2D eigenvalue weighted by Crippen LogP contribution is -2.29. The second-order valence-corrected chi connectivity index (χ2v) is 17.1. The van der Waals surface area contributed by atoms with Crippen molar-refractivity contribution in [3.8, 4) is 67.3 Å². The van der Waals surface area contributed by atoms with Crippen LogP contribution in [-0.4, -0.2) is 9.97 Å². The highest BCUT2D eigenvalue weighted by molar-refractivity contribution is 6.10. The number of nitrogens with zero attached hydrogens (tertiary/aromatic N) is 2. The third kappa shape index (κ3) is 5.84. The molecule has 308 valence electrons. The fraction of sp³-hybridized carbons (Fsp3) is 0.0159. The number of rotatable bonds is 7. The van der Waals surface area contributed by atoms with Crippen LogP contribution >= 0.6 is 0 Å². The summed E-state index contributed by atoms with van der Waals surface area (Å²) in [4.78, 5) is 10.5. The summed E-state index contributed by atoms with van der Waals surface area (Å²) in [6.07, 6.45) is 0. The summed E-state index contributed by atoms with van der Waals surface area (Å²) in [6.45, 7) is 0. The van der Waals surface area contributed by atoms with Gasteiger partial charge in [-0.15, -0.1) is 0 Å². The molecule has 0 atom stereocenters. The Morgan fingerprint density at radius 2 is 0.818 bits per heavy atom. The Labute approximate surface area is 383 Å². The van der Waals surface area contributed by atoms with Gasteiger partial charge in [0.15, 0.2) is 5.82 Å². The highest BCUT2D eigenvalue weighted by atomic mass is 16.3. The maximum atomic E-state index is 6.53. The van der Waals surface area contributed by atoms with Crippen molar-refractivity contribution in [1.29, 1.82) is 0 Å². The quantitative estimate of drug-likeness (QED) is 0.160. The Balaban J connectivity index is 0.946. The van der Waals surface area contributed by atoms with E-state index in [-0.39, 0.29) is 0 Å². The minimum Gasteiger partial charge on any atom is -0.455 e. The lowest BCUT2D eigenvalue weighted by molar-refractivity contribution is 0.670. The first-order valence-corrected chi connectivity index (χ1v) is 22.6. The van der Waals surface area contributed by atoms with Crippen LogP contribution in [0.4, 0.5) is 0 Å². The van der Waals surface area contributed by atoms with E-state index >= 15 is 0 Å². The first-order chi connectivity index (χ1) is 32.7. The first-order valence-electron chi connectivity index (χ1n) is 22.6. The molecule has 2 aromatic heterocycles. The molecule has 12 aromatic rings.